The number of halogens is 1. The van der Waals surface area contributed by atoms with Crippen molar-refractivity contribution in [3.63, 3.8) is 0 Å². The number of nitrogens with zero attached hydrogens (tertiary/aromatic N) is 2. The van der Waals surface area contributed by atoms with E-state index in [1.807, 2.05) is 28.8 Å². The summed E-state index contributed by atoms with van der Waals surface area (Å²) in [5.74, 6) is -0.612. The number of aliphatic hydroxyl groups is 1. The first-order valence-corrected chi connectivity index (χ1v) is 7.67. The predicted octanol–water partition coefficient (Wildman–Crippen LogP) is 2.55. The van der Waals surface area contributed by atoms with Crippen molar-refractivity contribution in [3.8, 4) is 0 Å². The topological polar surface area (TPSA) is 67.2 Å². The van der Waals surface area contributed by atoms with Gasteiger partial charge in [-0.05, 0) is 36.8 Å². The van der Waals surface area contributed by atoms with E-state index < -0.39 is 11.9 Å². The van der Waals surface area contributed by atoms with Gasteiger partial charge in [0.05, 0.1) is 24.0 Å². The van der Waals surface area contributed by atoms with Crippen LogP contribution < -0.4 is 5.32 Å². The monoisotopic (exact) mass is 327 g/mol. The molecule has 24 heavy (non-hydrogen) atoms. The van der Waals surface area contributed by atoms with Crippen molar-refractivity contribution in [2.24, 2.45) is 0 Å². The van der Waals surface area contributed by atoms with E-state index in [0.29, 0.717) is 0 Å². The van der Waals surface area contributed by atoms with Gasteiger partial charge in [0.25, 0.3) is 0 Å². The number of rotatable bonds is 5. The van der Waals surface area contributed by atoms with E-state index in [-0.39, 0.29) is 24.6 Å². The van der Waals surface area contributed by atoms with E-state index in [1.165, 1.54) is 6.07 Å². The molecule has 6 heteroatoms. The van der Waals surface area contributed by atoms with Crippen LogP contribution >= 0.6 is 0 Å². The van der Waals surface area contributed by atoms with Crippen LogP contribution in [-0.2, 0) is 17.9 Å². The van der Waals surface area contributed by atoms with Gasteiger partial charge in [0.15, 0.2) is 0 Å². The van der Waals surface area contributed by atoms with Gasteiger partial charge in [0, 0.05) is 12.1 Å². The molecule has 124 valence electrons. The smallest absolute Gasteiger partial charge is 0.243 e. The van der Waals surface area contributed by atoms with Crippen molar-refractivity contribution in [2.75, 3.05) is 0 Å². The third-order valence-corrected chi connectivity index (χ3v) is 4.03. The van der Waals surface area contributed by atoms with E-state index in [1.54, 1.807) is 25.4 Å². The van der Waals surface area contributed by atoms with E-state index >= 15 is 0 Å². The van der Waals surface area contributed by atoms with Gasteiger partial charge in [0.2, 0.25) is 5.91 Å². The number of benzene rings is 2. The van der Waals surface area contributed by atoms with Gasteiger partial charge in [-0.25, -0.2) is 9.37 Å². The molecule has 2 N–H and O–H groups in total. The lowest BCUT2D eigenvalue weighted by Gasteiger charge is -2.15. The Morgan fingerprint density at radius 3 is 2.92 bits per heavy atom. The van der Waals surface area contributed by atoms with E-state index in [2.05, 4.69) is 10.3 Å². The Balaban J connectivity index is 1.70. The Morgan fingerprint density at radius 1 is 1.33 bits per heavy atom. The Morgan fingerprint density at radius 2 is 2.12 bits per heavy atom. The maximum absolute atomic E-state index is 13.4. The molecule has 0 aliphatic heterocycles. The Hall–Kier alpha value is -2.73. The summed E-state index contributed by atoms with van der Waals surface area (Å²) in [6, 6.07) is 11.6. The zero-order chi connectivity index (χ0) is 17.1. The normalized spacial score (nSPS) is 12.3. The zero-order valence-corrected chi connectivity index (χ0v) is 13.2. The number of carbonyl (C=O) groups is 1. The second kappa shape index (κ2) is 6.80. The number of nitrogens with one attached hydrogen (secondary N) is 1. The van der Waals surface area contributed by atoms with E-state index in [4.69, 9.17) is 5.11 Å². The summed E-state index contributed by atoms with van der Waals surface area (Å²) in [5.41, 5.74) is 2.68. The third-order valence-electron chi connectivity index (χ3n) is 4.03. The highest BCUT2D eigenvalue weighted by Crippen LogP contribution is 2.17. The molecule has 0 saturated heterocycles. The highest BCUT2D eigenvalue weighted by Gasteiger charge is 2.16. The van der Waals surface area contributed by atoms with Gasteiger partial charge in [-0.3, -0.25) is 4.79 Å². The highest BCUT2D eigenvalue weighted by atomic mass is 19.1. The molecule has 3 aromatic rings. The van der Waals surface area contributed by atoms with Crippen LogP contribution in [0.3, 0.4) is 0 Å². The molecule has 1 heterocycles. The first kappa shape index (κ1) is 16.1. The number of hydrogen-bond acceptors (Lipinski definition) is 3. The molecule has 0 saturated carbocycles. The second-order valence-electron chi connectivity index (χ2n) is 5.62. The minimum Gasteiger partial charge on any atom is -0.392 e. The number of amides is 1. The molecular weight excluding hydrogens is 309 g/mol. The highest BCUT2D eigenvalue weighted by molar-refractivity contribution is 5.83. The molecule has 0 spiro atoms. The summed E-state index contributed by atoms with van der Waals surface area (Å²) in [6.45, 7) is 1.70. The van der Waals surface area contributed by atoms with Crippen LogP contribution in [0.1, 0.15) is 24.1 Å². The molecule has 1 unspecified atom stereocenters. The maximum Gasteiger partial charge on any atom is 0.243 e. The molecule has 0 radical (unpaired) electrons. The summed E-state index contributed by atoms with van der Waals surface area (Å²) in [7, 11) is 0. The lowest BCUT2D eigenvalue weighted by atomic mass is 10.1. The Bertz CT molecular complexity index is 876. The van der Waals surface area contributed by atoms with Crippen LogP contribution in [-0.4, -0.2) is 20.6 Å². The summed E-state index contributed by atoms with van der Waals surface area (Å²) >= 11 is 0. The van der Waals surface area contributed by atoms with Crippen LogP contribution in [0.15, 0.2) is 48.8 Å². The summed E-state index contributed by atoms with van der Waals surface area (Å²) in [4.78, 5) is 16.7. The van der Waals surface area contributed by atoms with Crippen molar-refractivity contribution in [1.82, 2.24) is 14.9 Å². The number of para-hydroxylation sites is 2. The molecule has 0 bridgehead atoms. The Labute approximate surface area is 138 Å². The summed E-state index contributed by atoms with van der Waals surface area (Å²) in [5, 5.41) is 11.9. The van der Waals surface area contributed by atoms with Crippen LogP contribution in [0, 0.1) is 5.82 Å². The molecule has 2 aromatic carbocycles. The minimum atomic E-state index is -0.453. The number of hydrogen-bond donors (Lipinski definition) is 2. The van der Waals surface area contributed by atoms with Crippen LogP contribution in [0.5, 0.6) is 0 Å². The average molecular weight is 327 g/mol. The molecule has 3 rings (SSSR count). The molecule has 0 aliphatic carbocycles. The molecular formula is C18H18FN3O2. The summed E-state index contributed by atoms with van der Waals surface area (Å²) in [6.07, 6.45) is 1.65. The molecule has 0 fully saturated rings. The fourth-order valence-electron chi connectivity index (χ4n) is 2.61. The number of aromatic nitrogens is 2. The first-order valence-electron chi connectivity index (χ1n) is 7.67. The lowest BCUT2D eigenvalue weighted by molar-refractivity contribution is -0.123. The fraction of sp³-hybridized carbons (Fsp3) is 0.222. The van der Waals surface area contributed by atoms with Crippen molar-refractivity contribution < 1.29 is 14.3 Å². The molecule has 1 aromatic heterocycles. The van der Waals surface area contributed by atoms with Gasteiger partial charge in [-0.1, -0.05) is 18.2 Å². The van der Waals surface area contributed by atoms with Crippen molar-refractivity contribution >= 4 is 16.9 Å². The van der Waals surface area contributed by atoms with Crippen LogP contribution in [0.4, 0.5) is 4.39 Å². The van der Waals surface area contributed by atoms with Crippen molar-refractivity contribution in [1.29, 1.82) is 0 Å². The largest absolute Gasteiger partial charge is 0.392 e. The number of imidazole rings is 1. The average Bonchev–Trinajstić information content (AvgIpc) is 3.04. The standard InChI is InChI=1S/C18H18FN3O2/c1-12(22-11-21-16-4-2-3-5-17(16)22)18(24)20-9-13-6-7-15(19)14(8-13)10-23/h2-8,11-12,23H,9-10H2,1H3,(H,20,24). The van der Waals surface area contributed by atoms with Crippen LogP contribution in [0.2, 0.25) is 0 Å². The third kappa shape index (κ3) is 3.14. The second-order valence-corrected chi connectivity index (χ2v) is 5.62. The number of fused-ring (bicyclic) bond motifs is 1. The van der Waals surface area contributed by atoms with E-state index in [9.17, 15) is 9.18 Å². The number of carbonyl (C=O) groups excluding carboxylic acids is 1. The minimum absolute atomic E-state index is 0.159. The van der Waals surface area contributed by atoms with Gasteiger partial charge in [0.1, 0.15) is 11.9 Å². The van der Waals surface area contributed by atoms with Crippen molar-refractivity contribution in [2.45, 2.75) is 26.1 Å². The Kier molecular flexibility index (Phi) is 4.57. The fourth-order valence-corrected chi connectivity index (χ4v) is 2.61. The van der Waals surface area contributed by atoms with E-state index in [0.717, 1.165) is 16.6 Å². The molecule has 5 nitrogen and oxygen atoms in total. The quantitative estimate of drug-likeness (QED) is 0.757. The molecule has 1 atom stereocenters. The SMILES string of the molecule is CC(C(=O)NCc1ccc(F)c(CO)c1)n1cnc2ccccc21. The maximum atomic E-state index is 13.4. The van der Waals surface area contributed by atoms with Crippen molar-refractivity contribution in [3.05, 3.63) is 65.7 Å². The van der Waals surface area contributed by atoms with Gasteiger partial charge in [-0.15, -0.1) is 0 Å². The molecule has 1 amide bonds. The van der Waals surface area contributed by atoms with Gasteiger partial charge < -0.3 is 15.0 Å². The van der Waals surface area contributed by atoms with Gasteiger partial charge in [-0.2, -0.15) is 0 Å². The van der Waals surface area contributed by atoms with Gasteiger partial charge >= 0.3 is 0 Å². The summed E-state index contributed by atoms with van der Waals surface area (Å²) < 4.78 is 15.2. The number of aliphatic hydroxyl groups excluding tert-OH is 1. The lowest BCUT2D eigenvalue weighted by Crippen LogP contribution is -2.30. The first-order chi connectivity index (χ1) is 11.6. The predicted molar refractivity (Wildman–Crippen MR) is 88.6 cm³/mol. The van der Waals surface area contributed by atoms with Crippen LogP contribution in [0.25, 0.3) is 11.0 Å². The molecule has 0 aliphatic rings. The zero-order valence-electron chi connectivity index (χ0n) is 13.2.